The number of nitrogens with one attached hydrogen (secondary N) is 1. The van der Waals surface area contributed by atoms with E-state index in [4.69, 9.17) is 4.52 Å². The number of benzene rings is 1. The fourth-order valence-corrected chi connectivity index (χ4v) is 5.22. The lowest BCUT2D eigenvalue weighted by Crippen LogP contribution is -2.52. The number of halogens is 1. The maximum absolute atomic E-state index is 4.96. The summed E-state index contributed by atoms with van der Waals surface area (Å²) in [5.41, 5.74) is 3.79. The second-order valence-electron chi connectivity index (χ2n) is 9.56. The van der Waals surface area contributed by atoms with Gasteiger partial charge in [0.1, 0.15) is 6.26 Å². The molecule has 0 bridgehead atoms. The Hall–Kier alpha value is -1.65. The van der Waals surface area contributed by atoms with Gasteiger partial charge >= 0.3 is 0 Å². The van der Waals surface area contributed by atoms with Crippen molar-refractivity contribution in [1.29, 1.82) is 0 Å². The Labute approximate surface area is 215 Å². The largest absolute Gasteiger partial charge is 0.364 e. The third-order valence-electron chi connectivity index (χ3n) is 6.65. The highest BCUT2D eigenvalue weighted by Crippen LogP contribution is 2.23. The first-order chi connectivity index (χ1) is 15.6. The number of rotatable bonds is 6. The van der Waals surface area contributed by atoms with Crippen LogP contribution >= 0.6 is 24.0 Å². The molecule has 2 unspecified atom stereocenters. The number of piperidine rings is 1. The Morgan fingerprint density at radius 2 is 1.70 bits per heavy atom. The van der Waals surface area contributed by atoms with E-state index in [-0.39, 0.29) is 24.0 Å². The Balaban J connectivity index is 0.00000306. The van der Waals surface area contributed by atoms with E-state index < -0.39 is 0 Å². The molecule has 0 radical (unpaired) electrons. The SMILES string of the molecule is CN=C(NCc1ccccc1CN1CC(C)CC(C)C1)N1CCN(Cc2ccon2)CC1.I. The van der Waals surface area contributed by atoms with E-state index in [0.717, 1.165) is 69.3 Å². The van der Waals surface area contributed by atoms with Crippen LogP contribution in [0.15, 0.2) is 46.1 Å². The maximum atomic E-state index is 4.96. The van der Waals surface area contributed by atoms with Crippen LogP contribution in [0.1, 0.15) is 37.1 Å². The summed E-state index contributed by atoms with van der Waals surface area (Å²) in [5, 5.41) is 7.65. The quantitative estimate of drug-likeness (QED) is 0.327. The topological polar surface area (TPSA) is 60.1 Å². The summed E-state index contributed by atoms with van der Waals surface area (Å²) in [4.78, 5) is 12.0. The molecule has 33 heavy (non-hydrogen) atoms. The van der Waals surface area contributed by atoms with Crippen LogP contribution in [0.3, 0.4) is 0 Å². The van der Waals surface area contributed by atoms with Crippen molar-refractivity contribution in [1.82, 2.24) is 25.2 Å². The normalized spacial score (nSPS) is 22.8. The number of guanidine groups is 1. The molecule has 1 N–H and O–H groups in total. The average molecular weight is 567 g/mol. The van der Waals surface area contributed by atoms with Crippen LogP contribution < -0.4 is 5.32 Å². The lowest BCUT2D eigenvalue weighted by molar-refractivity contribution is 0.134. The van der Waals surface area contributed by atoms with E-state index in [2.05, 4.69) is 68.3 Å². The first kappa shape index (κ1) is 26.0. The lowest BCUT2D eigenvalue weighted by Gasteiger charge is -2.36. The highest BCUT2D eigenvalue weighted by atomic mass is 127. The third kappa shape index (κ3) is 7.42. The van der Waals surface area contributed by atoms with E-state index in [1.54, 1.807) is 6.26 Å². The van der Waals surface area contributed by atoms with E-state index in [1.807, 2.05) is 13.1 Å². The highest BCUT2D eigenvalue weighted by molar-refractivity contribution is 14.0. The lowest BCUT2D eigenvalue weighted by atomic mass is 9.91. The van der Waals surface area contributed by atoms with Gasteiger partial charge in [0.2, 0.25) is 0 Å². The van der Waals surface area contributed by atoms with Crippen LogP contribution in [-0.4, -0.2) is 72.1 Å². The van der Waals surface area contributed by atoms with Gasteiger partial charge in [-0.2, -0.15) is 0 Å². The Morgan fingerprint density at radius 1 is 1.00 bits per heavy atom. The third-order valence-corrected chi connectivity index (χ3v) is 6.65. The van der Waals surface area contributed by atoms with Gasteiger partial charge in [-0.25, -0.2) is 0 Å². The average Bonchev–Trinajstić information content (AvgIpc) is 3.29. The van der Waals surface area contributed by atoms with Gasteiger partial charge < -0.3 is 14.7 Å². The molecule has 2 fully saturated rings. The zero-order valence-electron chi connectivity index (χ0n) is 20.2. The molecule has 7 nitrogen and oxygen atoms in total. The zero-order valence-corrected chi connectivity index (χ0v) is 22.6. The van der Waals surface area contributed by atoms with Gasteiger partial charge in [-0.05, 0) is 29.4 Å². The molecule has 2 saturated heterocycles. The summed E-state index contributed by atoms with van der Waals surface area (Å²) >= 11 is 0. The summed E-state index contributed by atoms with van der Waals surface area (Å²) in [5.74, 6) is 2.55. The van der Waals surface area contributed by atoms with Crippen LogP contribution in [0.25, 0.3) is 0 Å². The van der Waals surface area contributed by atoms with Crippen molar-refractivity contribution in [2.24, 2.45) is 16.8 Å². The molecule has 0 spiro atoms. The van der Waals surface area contributed by atoms with E-state index in [9.17, 15) is 0 Å². The summed E-state index contributed by atoms with van der Waals surface area (Å²) in [6, 6.07) is 10.8. The molecule has 2 aromatic rings. The molecule has 4 rings (SSSR count). The molecular weight excluding hydrogens is 527 g/mol. The van der Waals surface area contributed by atoms with Gasteiger partial charge in [-0.1, -0.05) is 43.3 Å². The van der Waals surface area contributed by atoms with Gasteiger partial charge in [-0.15, -0.1) is 24.0 Å². The van der Waals surface area contributed by atoms with Crippen molar-refractivity contribution < 1.29 is 4.52 Å². The Bertz CT molecular complexity index is 856. The monoisotopic (exact) mass is 566 g/mol. The molecule has 1 aromatic carbocycles. The maximum Gasteiger partial charge on any atom is 0.194 e. The molecule has 1 aromatic heterocycles. The molecule has 0 amide bonds. The van der Waals surface area contributed by atoms with E-state index in [0.29, 0.717) is 0 Å². The van der Waals surface area contributed by atoms with E-state index >= 15 is 0 Å². The number of aromatic nitrogens is 1. The fraction of sp³-hybridized carbons (Fsp3) is 0.600. The zero-order chi connectivity index (χ0) is 22.3. The fourth-order valence-electron chi connectivity index (χ4n) is 5.22. The number of piperazine rings is 1. The number of nitrogens with zero attached hydrogens (tertiary/aromatic N) is 5. The molecule has 182 valence electrons. The minimum Gasteiger partial charge on any atom is -0.364 e. The number of hydrogen-bond acceptors (Lipinski definition) is 5. The molecular formula is C25H39IN6O. The Morgan fingerprint density at radius 3 is 2.33 bits per heavy atom. The molecule has 2 aliphatic rings. The van der Waals surface area contributed by atoms with E-state index in [1.165, 1.54) is 30.6 Å². The van der Waals surface area contributed by atoms with Crippen LogP contribution in [0.5, 0.6) is 0 Å². The van der Waals surface area contributed by atoms with Gasteiger partial charge in [0.25, 0.3) is 0 Å². The minimum atomic E-state index is 0. The summed E-state index contributed by atoms with van der Waals surface area (Å²) < 4.78 is 4.96. The van der Waals surface area contributed by atoms with Crippen molar-refractivity contribution in [2.45, 2.75) is 39.9 Å². The summed E-state index contributed by atoms with van der Waals surface area (Å²) in [7, 11) is 1.88. The standard InChI is InChI=1S/C25H38N6O.HI/c1-20-14-21(2)17-30(16-20)18-23-7-5-4-6-22(23)15-27-25(26-3)31-11-9-29(10-12-31)19-24-8-13-32-28-24;/h4-8,13,20-21H,9-12,14-19H2,1-3H3,(H,26,27);1H. The van der Waals surface area contributed by atoms with Crippen molar-refractivity contribution in [2.75, 3.05) is 46.3 Å². The van der Waals surface area contributed by atoms with Gasteiger partial charge in [0, 0.05) is 72.0 Å². The molecule has 8 heteroatoms. The van der Waals surface area contributed by atoms with Crippen molar-refractivity contribution in [3.8, 4) is 0 Å². The van der Waals surface area contributed by atoms with Crippen LogP contribution in [0.2, 0.25) is 0 Å². The van der Waals surface area contributed by atoms with Crippen LogP contribution in [-0.2, 0) is 19.6 Å². The van der Waals surface area contributed by atoms with Crippen molar-refractivity contribution in [3.05, 3.63) is 53.4 Å². The summed E-state index contributed by atoms with van der Waals surface area (Å²) in [6.45, 7) is 13.8. The Kier molecular flexibility index (Phi) is 10.0. The molecule has 3 heterocycles. The number of hydrogen-bond donors (Lipinski definition) is 1. The van der Waals surface area contributed by atoms with Crippen LogP contribution in [0.4, 0.5) is 0 Å². The van der Waals surface area contributed by atoms with Gasteiger partial charge in [0.15, 0.2) is 5.96 Å². The first-order valence-electron chi connectivity index (χ1n) is 12.0. The molecule has 0 aliphatic carbocycles. The number of aliphatic imine (C=N–C) groups is 1. The predicted molar refractivity (Wildman–Crippen MR) is 144 cm³/mol. The molecule has 2 atom stereocenters. The smallest absolute Gasteiger partial charge is 0.194 e. The number of likely N-dealkylation sites (tertiary alicyclic amines) is 1. The first-order valence-corrected chi connectivity index (χ1v) is 12.0. The van der Waals surface area contributed by atoms with Gasteiger partial charge in [-0.3, -0.25) is 14.8 Å². The second kappa shape index (κ2) is 12.7. The molecule has 2 aliphatic heterocycles. The van der Waals surface area contributed by atoms with Gasteiger partial charge in [0.05, 0.1) is 5.69 Å². The predicted octanol–water partition coefficient (Wildman–Crippen LogP) is 3.66. The molecule has 0 saturated carbocycles. The van der Waals surface area contributed by atoms with Crippen LogP contribution in [0, 0.1) is 11.8 Å². The summed E-state index contributed by atoms with van der Waals surface area (Å²) in [6.07, 6.45) is 2.99. The van der Waals surface area contributed by atoms with Crippen molar-refractivity contribution >= 4 is 29.9 Å². The van der Waals surface area contributed by atoms with Crippen molar-refractivity contribution in [3.63, 3.8) is 0 Å². The minimum absolute atomic E-state index is 0. The second-order valence-corrected chi connectivity index (χ2v) is 9.56. The highest BCUT2D eigenvalue weighted by Gasteiger charge is 2.23.